The summed E-state index contributed by atoms with van der Waals surface area (Å²) in [4.78, 5) is 156. The number of aliphatic carboxylic acids is 1. The third-order valence-corrected chi connectivity index (χ3v) is 15.3. The first-order chi connectivity index (χ1) is 41.4. The van der Waals surface area contributed by atoms with Crippen LogP contribution in [-0.4, -0.2) is 110 Å². The molecule has 0 saturated heterocycles. The molecule has 0 radical (unpaired) electrons. The van der Waals surface area contributed by atoms with E-state index in [4.69, 9.17) is 18.9 Å². The summed E-state index contributed by atoms with van der Waals surface area (Å²) in [6, 6.07) is 32.6. The number of rotatable bonds is 20. The molecule has 0 bridgehead atoms. The molecule has 0 aliphatic carbocycles. The molecule has 444 valence electrons. The number of nitrogens with one attached hydrogen (secondary N) is 4. The van der Waals surface area contributed by atoms with Crippen molar-refractivity contribution < 1.29 is 57.4 Å². The van der Waals surface area contributed by atoms with Gasteiger partial charge in [0.25, 0.3) is 22.9 Å². The van der Waals surface area contributed by atoms with Gasteiger partial charge in [-0.1, -0.05) is 48.5 Å². The first-order valence-electron chi connectivity index (χ1n) is 27.1. The molecule has 0 aliphatic heterocycles. The molecule has 6 aromatic heterocycles. The maximum absolute atomic E-state index is 14.3. The highest BCUT2D eigenvalue weighted by molar-refractivity contribution is 7.54. The van der Waals surface area contributed by atoms with E-state index in [1.54, 1.807) is 116 Å². The van der Waals surface area contributed by atoms with Crippen LogP contribution in [0.2, 0.25) is 0 Å². The monoisotopic (exact) mass is 1200 g/mol. The lowest BCUT2D eigenvalue weighted by molar-refractivity contribution is -0.155. The molecule has 6 heterocycles. The van der Waals surface area contributed by atoms with Crippen LogP contribution in [0.25, 0.3) is 55.1 Å². The van der Waals surface area contributed by atoms with Crippen molar-refractivity contribution in [2.45, 2.75) is 53.3 Å². The van der Waals surface area contributed by atoms with E-state index in [0.29, 0.717) is 60.4 Å². The average Bonchev–Trinajstić information content (AvgIpc) is 1.70. The molecule has 7 N–H and O–H groups in total. The van der Waals surface area contributed by atoms with Crippen molar-refractivity contribution in [3.8, 4) is 22.3 Å². The molecule has 87 heavy (non-hydrogen) atoms. The average molecular weight is 1200 g/mol. The second-order valence-corrected chi connectivity index (χ2v) is 22.7. The fraction of sp³-hybridized carbons (Fsp3) is 0.194. The summed E-state index contributed by atoms with van der Waals surface area (Å²) in [7, 11) is -4.38. The Bertz CT molecular complexity index is 4720. The number of hydrogen-bond donors (Lipinski definition) is 7. The van der Waals surface area contributed by atoms with Crippen LogP contribution in [0.15, 0.2) is 153 Å². The van der Waals surface area contributed by atoms with Gasteiger partial charge in [-0.15, -0.1) is 0 Å². The largest absolute Gasteiger partial charge is 0.570 e. The van der Waals surface area contributed by atoms with Gasteiger partial charge in [0, 0.05) is 58.9 Å². The Labute approximate surface area is 492 Å². The summed E-state index contributed by atoms with van der Waals surface area (Å²) >= 11 is 0. The van der Waals surface area contributed by atoms with E-state index < -0.39 is 84.7 Å². The Morgan fingerprint density at radius 1 is 0.552 bits per heavy atom. The van der Waals surface area contributed by atoms with Crippen LogP contribution in [-0.2, 0) is 36.5 Å². The summed E-state index contributed by atoms with van der Waals surface area (Å²) in [6.07, 6.45) is 3.46. The van der Waals surface area contributed by atoms with E-state index in [1.165, 1.54) is 36.4 Å². The van der Waals surface area contributed by atoms with E-state index >= 15 is 0 Å². The Kier molecular flexibility index (Phi) is 16.5. The van der Waals surface area contributed by atoms with Crippen LogP contribution in [0, 0.1) is 13.8 Å². The number of carbonyl (C=O) groups is 6. The smallest absolute Gasteiger partial charge is 0.480 e. The van der Waals surface area contributed by atoms with E-state index in [0.717, 1.165) is 4.57 Å². The molecular formula is C62H56N8O16P+. The zero-order chi connectivity index (χ0) is 62.2. The summed E-state index contributed by atoms with van der Waals surface area (Å²) in [5, 5.41) is 14.6. The second-order valence-electron chi connectivity index (χ2n) is 21.2. The number of nitrogens with zero attached hydrogens (tertiary/aromatic N) is 4. The number of carbonyl (C=O) groups excluding carboxylic acids is 5. The minimum absolute atomic E-state index is 0.0298. The van der Waals surface area contributed by atoms with Crippen molar-refractivity contribution in [1.29, 1.82) is 0 Å². The number of aromatic nitrogens is 6. The van der Waals surface area contributed by atoms with Gasteiger partial charge >= 0.3 is 31.5 Å². The van der Waals surface area contributed by atoms with E-state index in [1.807, 2.05) is 24.3 Å². The van der Waals surface area contributed by atoms with Gasteiger partial charge in [-0.3, -0.25) is 38.4 Å². The highest BCUT2D eigenvalue weighted by Gasteiger charge is 2.39. The number of pyridine rings is 2. The predicted molar refractivity (Wildman–Crippen MR) is 321 cm³/mol. The Morgan fingerprint density at radius 3 is 1.36 bits per heavy atom. The SMILES string of the molecule is Cc1c(-c2ccc(C(=O)NCCO[P+](O)(O)OCCNC(=O)c3ccc(-c4c(C)c(C(=O)c5ccc6c(=O)n(CC(=O)OC(C)(C)C)c(=O)[nH]c6c5)n5ccccc45)cc3)cc2)c2ccccn2c1C(=O)c1ccc2c(=O)n(CC(=O)O)c(=O)[nH]c2c1. The second kappa shape index (κ2) is 24.0. The van der Waals surface area contributed by atoms with Crippen molar-refractivity contribution in [2.24, 2.45) is 0 Å². The fourth-order valence-electron chi connectivity index (χ4n) is 10.4. The molecule has 10 rings (SSSR count). The number of fused-ring (bicyclic) bond motifs is 4. The molecule has 2 amide bonds. The molecule has 0 unspecified atom stereocenters. The molecule has 10 aromatic rings. The number of ketones is 2. The fourth-order valence-corrected chi connectivity index (χ4v) is 11.2. The highest BCUT2D eigenvalue weighted by atomic mass is 31.2. The molecule has 0 aliphatic rings. The van der Waals surface area contributed by atoms with Gasteiger partial charge < -0.3 is 39.2 Å². The number of esters is 1. The number of aromatic amines is 2. The number of hydrogen-bond acceptors (Lipinski definition) is 15. The van der Waals surface area contributed by atoms with Crippen molar-refractivity contribution >= 4 is 76.3 Å². The van der Waals surface area contributed by atoms with Crippen LogP contribution in [0.5, 0.6) is 0 Å². The van der Waals surface area contributed by atoms with E-state index in [-0.39, 0.29) is 70.4 Å². The molecule has 0 spiro atoms. The van der Waals surface area contributed by atoms with Crippen molar-refractivity contribution in [3.63, 3.8) is 0 Å². The minimum Gasteiger partial charge on any atom is -0.480 e. The van der Waals surface area contributed by atoms with Gasteiger partial charge in [0.2, 0.25) is 11.6 Å². The lowest BCUT2D eigenvalue weighted by Crippen LogP contribution is -2.39. The minimum atomic E-state index is -4.38. The quantitative estimate of drug-likeness (QED) is 0.0202. The zero-order valence-electron chi connectivity index (χ0n) is 47.3. The van der Waals surface area contributed by atoms with Crippen LogP contribution in [0.3, 0.4) is 0 Å². The summed E-state index contributed by atoms with van der Waals surface area (Å²) < 4.78 is 20.4. The van der Waals surface area contributed by atoms with Crippen LogP contribution >= 0.6 is 8.17 Å². The molecule has 25 heteroatoms. The number of ether oxygens (including phenoxy) is 1. The normalized spacial score (nSPS) is 11.8. The third-order valence-electron chi connectivity index (χ3n) is 14.3. The Hall–Kier alpha value is -10.2. The van der Waals surface area contributed by atoms with Crippen molar-refractivity contribution in [3.05, 3.63) is 220 Å². The predicted octanol–water partition coefficient (Wildman–Crippen LogP) is 5.89. The third kappa shape index (κ3) is 12.3. The maximum atomic E-state index is 14.3. The van der Waals surface area contributed by atoms with Gasteiger partial charge in [0.15, 0.2) is 0 Å². The maximum Gasteiger partial charge on any atom is 0.570 e. The lowest BCUT2D eigenvalue weighted by Gasteiger charge is -2.19. The summed E-state index contributed by atoms with van der Waals surface area (Å²) in [5.74, 6) is -3.93. The number of carboxylic acid groups (broad SMARTS) is 1. The zero-order valence-corrected chi connectivity index (χ0v) is 48.2. The van der Waals surface area contributed by atoms with Crippen LogP contribution in [0.4, 0.5) is 0 Å². The Morgan fingerprint density at radius 2 is 0.954 bits per heavy atom. The van der Waals surface area contributed by atoms with Gasteiger partial charge in [-0.05, 0) is 130 Å². The highest BCUT2D eigenvalue weighted by Crippen LogP contribution is 2.52. The number of H-pyrrole nitrogens is 2. The standard InChI is InChI=1S/C62H55N8O16P/c1-34-50(46-10-6-8-26-67(46)52(34)54(74)40-20-22-42-44(30-40)65-60(80)69(58(42)78)32-48(71)72)36-12-16-38(17-13-36)56(76)63-24-28-84-87(82,83)85-29-25-64-57(77)39-18-14-37(15-19-39)51-35(2)53(68-27-9-7-11-47(51)68)55(75)41-21-23-43-45(31-41)66-61(81)70(59(43)79)33-49(73)86-62(3,4)5/h6-23,26-27,30-31,82-83H,24-25,28-29,32-33H2,1-5H3,(H4-,63,64,65,66,71,72,76,77,78,79,80,81)/p+1. The summed E-state index contributed by atoms with van der Waals surface area (Å²) in [5.41, 5.74) is 2.95. The number of benzene rings is 4. The molecule has 0 atom stereocenters. The van der Waals surface area contributed by atoms with Crippen molar-refractivity contribution in [1.82, 2.24) is 38.5 Å². The molecule has 24 nitrogen and oxygen atoms in total. The Balaban J connectivity index is 0.715. The molecule has 0 fully saturated rings. The van der Waals surface area contributed by atoms with Gasteiger partial charge in [0.1, 0.15) is 31.9 Å². The van der Waals surface area contributed by atoms with Gasteiger partial charge in [-0.25, -0.2) is 18.7 Å². The number of amides is 2. The van der Waals surface area contributed by atoms with E-state index in [2.05, 4.69) is 20.6 Å². The molecule has 4 aromatic carbocycles. The van der Waals surface area contributed by atoms with Gasteiger partial charge in [0.05, 0.1) is 44.2 Å². The lowest BCUT2D eigenvalue weighted by atomic mass is 9.98. The molecular weight excluding hydrogens is 1140 g/mol. The van der Waals surface area contributed by atoms with Gasteiger partial charge in [-0.2, -0.15) is 18.8 Å². The van der Waals surface area contributed by atoms with E-state index in [9.17, 15) is 57.7 Å². The summed E-state index contributed by atoms with van der Waals surface area (Å²) in [6.45, 7) is 6.19. The van der Waals surface area contributed by atoms with Crippen LogP contribution < -0.4 is 33.1 Å². The topological polar surface area (TPSA) is 333 Å². The van der Waals surface area contributed by atoms with Crippen LogP contribution in [0.1, 0.15) is 84.7 Å². The first-order valence-corrected chi connectivity index (χ1v) is 28.6. The molecule has 0 saturated carbocycles. The van der Waals surface area contributed by atoms with Crippen molar-refractivity contribution in [2.75, 3.05) is 26.3 Å². The number of carboxylic acids is 1. The first kappa shape index (κ1) is 59.9.